The van der Waals surface area contributed by atoms with Gasteiger partial charge in [0.15, 0.2) is 5.96 Å². The summed E-state index contributed by atoms with van der Waals surface area (Å²) in [6.07, 6.45) is 3.57. The van der Waals surface area contributed by atoms with E-state index in [1.54, 1.807) is 0 Å². The molecule has 1 aliphatic heterocycles. The highest BCUT2D eigenvalue weighted by Crippen LogP contribution is 2.22. The van der Waals surface area contributed by atoms with E-state index in [1.165, 1.54) is 11.1 Å². The van der Waals surface area contributed by atoms with Crippen LogP contribution in [0.3, 0.4) is 0 Å². The SMILES string of the molecule is CN=C(NCCc1ccc(C(C)(C)C)cc1)N1CCCC(CC(N)=O)C1. The third-order valence-electron chi connectivity index (χ3n) is 5.04. The normalized spacial score (nSPS) is 18.7. The van der Waals surface area contributed by atoms with Gasteiger partial charge in [-0.3, -0.25) is 9.79 Å². The van der Waals surface area contributed by atoms with Crippen LogP contribution in [0.25, 0.3) is 0 Å². The lowest BCUT2D eigenvalue weighted by Crippen LogP contribution is -2.47. The van der Waals surface area contributed by atoms with Crippen LogP contribution in [0, 0.1) is 5.92 Å². The maximum Gasteiger partial charge on any atom is 0.217 e. The number of hydrogen-bond donors (Lipinski definition) is 2. The van der Waals surface area contributed by atoms with Crippen LogP contribution in [0.2, 0.25) is 0 Å². The Morgan fingerprint density at radius 3 is 2.58 bits per heavy atom. The minimum atomic E-state index is -0.210. The van der Waals surface area contributed by atoms with Crippen molar-refractivity contribution in [2.45, 2.75) is 51.9 Å². The van der Waals surface area contributed by atoms with Crippen LogP contribution in [0.1, 0.15) is 51.2 Å². The first-order valence-corrected chi connectivity index (χ1v) is 9.63. The number of nitrogens with one attached hydrogen (secondary N) is 1. The Morgan fingerprint density at radius 2 is 2.00 bits per heavy atom. The average Bonchev–Trinajstić information content (AvgIpc) is 2.58. The van der Waals surface area contributed by atoms with Crippen LogP contribution in [0.15, 0.2) is 29.3 Å². The number of likely N-dealkylation sites (tertiary alicyclic amines) is 1. The highest BCUT2D eigenvalue weighted by molar-refractivity contribution is 5.80. The van der Waals surface area contributed by atoms with E-state index >= 15 is 0 Å². The van der Waals surface area contributed by atoms with E-state index in [9.17, 15) is 4.79 Å². The van der Waals surface area contributed by atoms with Gasteiger partial charge >= 0.3 is 0 Å². The van der Waals surface area contributed by atoms with Gasteiger partial charge in [0, 0.05) is 33.1 Å². The smallest absolute Gasteiger partial charge is 0.217 e. The number of hydrogen-bond acceptors (Lipinski definition) is 2. The third-order valence-corrected chi connectivity index (χ3v) is 5.04. The number of carbonyl (C=O) groups is 1. The monoisotopic (exact) mass is 358 g/mol. The number of rotatable bonds is 5. The zero-order chi connectivity index (χ0) is 19.2. The second kappa shape index (κ2) is 9.06. The van der Waals surface area contributed by atoms with E-state index in [1.807, 2.05) is 7.05 Å². The van der Waals surface area contributed by atoms with Gasteiger partial charge in [0.05, 0.1) is 0 Å². The van der Waals surface area contributed by atoms with Crippen molar-refractivity contribution >= 4 is 11.9 Å². The quantitative estimate of drug-likeness (QED) is 0.628. The van der Waals surface area contributed by atoms with Gasteiger partial charge in [-0.05, 0) is 41.7 Å². The standard InChI is InChI=1S/C21H34N4O/c1-21(2,3)18-9-7-16(8-10-18)11-12-24-20(23-4)25-13-5-6-17(15-25)14-19(22)26/h7-10,17H,5-6,11-15H2,1-4H3,(H2,22,26)(H,23,24). The highest BCUT2D eigenvalue weighted by Gasteiger charge is 2.23. The molecule has 1 aromatic rings. The highest BCUT2D eigenvalue weighted by atomic mass is 16.1. The Labute approximate surface area is 158 Å². The minimum absolute atomic E-state index is 0.189. The zero-order valence-electron chi connectivity index (χ0n) is 16.7. The summed E-state index contributed by atoms with van der Waals surface area (Å²) in [5, 5.41) is 3.47. The number of nitrogens with zero attached hydrogens (tertiary/aromatic N) is 2. The fourth-order valence-corrected chi connectivity index (χ4v) is 3.53. The first-order chi connectivity index (χ1) is 12.3. The van der Waals surface area contributed by atoms with Crippen LogP contribution in [0.5, 0.6) is 0 Å². The van der Waals surface area contributed by atoms with Gasteiger partial charge in [-0.2, -0.15) is 0 Å². The van der Waals surface area contributed by atoms with Crippen LogP contribution >= 0.6 is 0 Å². The molecular formula is C21H34N4O. The number of piperidine rings is 1. The Bertz CT molecular complexity index is 616. The van der Waals surface area contributed by atoms with Crippen molar-refractivity contribution in [1.82, 2.24) is 10.2 Å². The van der Waals surface area contributed by atoms with Crippen LogP contribution in [0.4, 0.5) is 0 Å². The minimum Gasteiger partial charge on any atom is -0.370 e. The Hall–Kier alpha value is -2.04. The number of amides is 1. The first kappa shape index (κ1) is 20.3. The van der Waals surface area contributed by atoms with Crippen LogP contribution in [-0.2, 0) is 16.6 Å². The molecule has 1 amide bonds. The van der Waals surface area contributed by atoms with Gasteiger partial charge in [0.25, 0.3) is 0 Å². The topological polar surface area (TPSA) is 70.7 Å². The predicted octanol–water partition coefficient (Wildman–Crippen LogP) is 2.69. The Kier molecular flexibility index (Phi) is 7.06. The molecule has 1 aliphatic rings. The lowest BCUT2D eigenvalue weighted by molar-refractivity contribution is -0.119. The van der Waals surface area contributed by atoms with Gasteiger partial charge in [-0.15, -0.1) is 0 Å². The van der Waals surface area contributed by atoms with Crippen LogP contribution < -0.4 is 11.1 Å². The number of benzene rings is 1. The Balaban J connectivity index is 1.84. The van der Waals surface area contributed by atoms with E-state index in [0.717, 1.165) is 44.9 Å². The second-order valence-electron chi connectivity index (χ2n) is 8.30. The molecule has 26 heavy (non-hydrogen) atoms. The number of carbonyl (C=O) groups excluding carboxylic acids is 1. The second-order valence-corrected chi connectivity index (χ2v) is 8.30. The van der Waals surface area contributed by atoms with Crippen molar-refractivity contribution in [3.05, 3.63) is 35.4 Å². The van der Waals surface area contributed by atoms with Crippen molar-refractivity contribution in [1.29, 1.82) is 0 Å². The molecule has 5 nitrogen and oxygen atoms in total. The fourth-order valence-electron chi connectivity index (χ4n) is 3.53. The molecule has 3 N–H and O–H groups in total. The summed E-state index contributed by atoms with van der Waals surface area (Å²) in [7, 11) is 1.82. The van der Waals surface area contributed by atoms with Gasteiger partial charge in [0.1, 0.15) is 0 Å². The molecule has 1 saturated heterocycles. The molecule has 0 bridgehead atoms. The van der Waals surface area contributed by atoms with Gasteiger partial charge in [0.2, 0.25) is 5.91 Å². The van der Waals surface area contributed by atoms with E-state index in [2.05, 4.69) is 60.2 Å². The molecule has 144 valence electrons. The zero-order valence-corrected chi connectivity index (χ0v) is 16.7. The van der Waals surface area contributed by atoms with Crippen molar-refractivity contribution < 1.29 is 4.79 Å². The molecule has 0 aromatic heterocycles. The van der Waals surface area contributed by atoms with Gasteiger partial charge in [-0.25, -0.2) is 0 Å². The molecule has 2 rings (SSSR count). The predicted molar refractivity (Wildman–Crippen MR) is 108 cm³/mol. The van der Waals surface area contributed by atoms with Crippen molar-refractivity contribution in [3.8, 4) is 0 Å². The summed E-state index contributed by atoms with van der Waals surface area (Å²) in [5.41, 5.74) is 8.23. The summed E-state index contributed by atoms with van der Waals surface area (Å²) in [5.74, 6) is 1.05. The fraction of sp³-hybridized carbons (Fsp3) is 0.619. The van der Waals surface area contributed by atoms with Gasteiger partial charge < -0.3 is 16.0 Å². The van der Waals surface area contributed by atoms with Gasteiger partial charge in [-0.1, -0.05) is 45.0 Å². The van der Waals surface area contributed by atoms with Crippen molar-refractivity contribution in [3.63, 3.8) is 0 Å². The number of primary amides is 1. The molecular weight excluding hydrogens is 324 g/mol. The maximum absolute atomic E-state index is 11.2. The lowest BCUT2D eigenvalue weighted by Gasteiger charge is -2.34. The molecule has 5 heteroatoms. The van der Waals surface area contributed by atoms with E-state index < -0.39 is 0 Å². The molecule has 1 aromatic carbocycles. The summed E-state index contributed by atoms with van der Waals surface area (Å²) in [4.78, 5) is 17.9. The molecule has 1 atom stereocenters. The number of aliphatic imine (C=N–C) groups is 1. The maximum atomic E-state index is 11.2. The van der Waals surface area contributed by atoms with Crippen molar-refractivity contribution in [2.75, 3.05) is 26.7 Å². The number of nitrogens with two attached hydrogens (primary N) is 1. The summed E-state index contributed by atoms with van der Waals surface area (Å²) >= 11 is 0. The molecule has 0 spiro atoms. The van der Waals surface area contributed by atoms with Crippen molar-refractivity contribution in [2.24, 2.45) is 16.6 Å². The third kappa shape index (κ3) is 6.04. The molecule has 0 saturated carbocycles. The first-order valence-electron chi connectivity index (χ1n) is 9.63. The molecule has 0 aliphatic carbocycles. The molecule has 0 radical (unpaired) electrons. The summed E-state index contributed by atoms with van der Waals surface area (Å²) in [6.45, 7) is 9.38. The average molecular weight is 359 g/mol. The van der Waals surface area contributed by atoms with Crippen LogP contribution in [-0.4, -0.2) is 43.4 Å². The molecule has 1 fully saturated rings. The Morgan fingerprint density at radius 1 is 1.31 bits per heavy atom. The van der Waals surface area contributed by atoms with E-state index in [4.69, 9.17) is 5.73 Å². The molecule has 1 heterocycles. The number of guanidine groups is 1. The molecule has 1 unspecified atom stereocenters. The summed E-state index contributed by atoms with van der Waals surface area (Å²) in [6, 6.07) is 8.88. The van der Waals surface area contributed by atoms with E-state index in [0.29, 0.717) is 12.3 Å². The van der Waals surface area contributed by atoms with E-state index in [-0.39, 0.29) is 11.3 Å². The summed E-state index contributed by atoms with van der Waals surface area (Å²) < 4.78 is 0. The largest absolute Gasteiger partial charge is 0.370 e. The lowest BCUT2D eigenvalue weighted by atomic mass is 9.86.